The molecule has 3 aromatic rings. The maximum Gasteiger partial charge on any atom is 0.387 e. The van der Waals surface area contributed by atoms with Crippen LogP contribution in [-0.2, 0) is 0 Å². The van der Waals surface area contributed by atoms with E-state index in [1.807, 2.05) is 19.9 Å². The third kappa shape index (κ3) is 3.31. The van der Waals surface area contributed by atoms with Gasteiger partial charge in [0.05, 0.1) is 11.2 Å². The van der Waals surface area contributed by atoms with Crippen molar-refractivity contribution in [3.8, 4) is 11.4 Å². The van der Waals surface area contributed by atoms with Gasteiger partial charge in [0, 0.05) is 18.0 Å². The molecule has 0 aliphatic carbocycles. The van der Waals surface area contributed by atoms with E-state index in [0.29, 0.717) is 22.4 Å². The van der Waals surface area contributed by atoms with E-state index >= 15 is 0 Å². The number of aromatic nitrogens is 2. The molecule has 2 aromatic heterocycles. The van der Waals surface area contributed by atoms with Crippen molar-refractivity contribution in [1.82, 2.24) is 9.55 Å². The molecular weight excluding hydrogens is 328 g/mol. The number of nitrogen functional groups attached to an aromatic ring is 1. The Kier molecular flexibility index (Phi) is 4.39. The van der Waals surface area contributed by atoms with E-state index in [1.54, 1.807) is 6.20 Å². The fraction of sp³-hybridized carbons (Fsp3) is 0.222. The number of ether oxygens (including phenoxy) is 1. The van der Waals surface area contributed by atoms with Gasteiger partial charge in [-0.25, -0.2) is 0 Å². The van der Waals surface area contributed by atoms with Crippen molar-refractivity contribution in [2.45, 2.75) is 26.4 Å². The number of hydrogen-bond acceptors (Lipinski definition) is 4. The van der Waals surface area contributed by atoms with E-state index < -0.39 is 6.61 Å². The molecule has 0 atom stereocenters. The first-order chi connectivity index (χ1) is 11.9. The zero-order chi connectivity index (χ0) is 18.1. The summed E-state index contributed by atoms with van der Waals surface area (Å²) in [5.74, 6) is 0.247. The maximum absolute atomic E-state index is 12.5. The van der Waals surface area contributed by atoms with Gasteiger partial charge in [-0.15, -0.1) is 0 Å². The van der Waals surface area contributed by atoms with Crippen LogP contribution in [0.4, 0.5) is 14.5 Å². The van der Waals surface area contributed by atoms with E-state index in [9.17, 15) is 13.6 Å². The molecule has 5 nitrogen and oxygen atoms in total. The molecule has 0 bridgehead atoms. The smallest absolute Gasteiger partial charge is 0.387 e. The molecule has 0 radical (unpaired) electrons. The summed E-state index contributed by atoms with van der Waals surface area (Å²) in [7, 11) is 0. The molecule has 0 aliphatic rings. The number of fused-ring (bicyclic) bond motifs is 1. The number of halogens is 2. The molecule has 25 heavy (non-hydrogen) atoms. The Labute approximate surface area is 142 Å². The largest absolute Gasteiger partial charge is 0.435 e. The minimum atomic E-state index is -2.90. The summed E-state index contributed by atoms with van der Waals surface area (Å²) < 4.78 is 30.4. The molecule has 0 fully saturated rings. The summed E-state index contributed by atoms with van der Waals surface area (Å²) >= 11 is 0. The lowest BCUT2D eigenvalue weighted by molar-refractivity contribution is -0.0498. The van der Waals surface area contributed by atoms with Gasteiger partial charge in [0.25, 0.3) is 5.56 Å². The van der Waals surface area contributed by atoms with Crippen LogP contribution >= 0.6 is 0 Å². The Morgan fingerprint density at radius 1 is 1.16 bits per heavy atom. The van der Waals surface area contributed by atoms with Gasteiger partial charge in [-0.05, 0) is 41.8 Å². The standard InChI is InChI=1S/C18H17F2N3O2/c1-10(2)11-7-15-17(22-9-11)14(21)8-16(24)23(15)12-3-5-13(6-4-12)25-18(19)20/h3-10,18H,21H2,1-2H3. The van der Waals surface area contributed by atoms with Crippen molar-refractivity contribution >= 4 is 16.7 Å². The second-order valence-corrected chi connectivity index (χ2v) is 5.94. The lowest BCUT2D eigenvalue weighted by Gasteiger charge is -2.14. The highest BCUT2D eigenvalue weighted by atomic mass is 19.3. The molecule has 1 aromatic carbocycles. The zero-order valence-electron chi connectivity index (χ0n) is 13.7. The number of anilines is 1. The minimum Gasteiger partial charge on any atom is -0.435 e. The third-order valence-electron chi connectivity index (χ3n) is 3.89. The average Bonchev–Trinajstić information content (AvgIpc) is 2.55. The van der Waals surface area contributed by atoms with Gasteiger partial charge in [-0.3, -0.25) is 14.3 Å². The highest BCUT2D eigenvalue weighted by Gasteiger charge is 2.13. The second-order valence-electron chi connectivity index (χ2n) is 5.94. The van der Waals surface area contributed by atoms with Crippen LogP contribution in [0.5, 0.6) is 5.75 Å². The number of nitrogens with zero attached hydrogens (tertiary/aromatic N) is 2. The quantitative estimate of drug-likeness (QED) is 0.783. The molecular formula is C18H17F2N3O2. The lowest BCUT2D eigenvalue weighted by atomic mass is 10.0. The fourth-order valence-electron chi connectivity index (χ4n) is 2.60. The van der Waals surface area contributed by atoms with E-state index in [4.69, 9.17) is 5.73 Å². The third-order valence-corrected chi connectivity index (χ3v) is 3.89. The Morgan fingerprint density at radius 2 is 1.84 bits per heavy atom. The number of benzene rings is 1. The number of alkyl halides is 2. The normalized spacial score (nSPS) is 11.4. The van der Waals surface area contributed by atoms with Gasteiger partial charge in [0.15, 0.2) is 0 Å². The van der Waals surface area contributed by atoms with E-state index in [1.165, 1.54) is 34.9 Å². The summed E-state index contributed by atoms with van der Waals surface area (Å²) in [6.45, 7) is 1.14. The predicted molar refractivity (Wildman–Crippen MR) is 92.5 cm³/mol. The van der Waals surface area contributed by atoms with Crippen LogP contribution in [0, 0.1) is 0 Å². The van der Waals surface area contributed by atoms with Crippen molar-refractivity contribution in [3.63, 3.8) is 0 Å². The van der Waals surface area contributed by atoms with Crippen molar-refractivity contribution in [2.75, 3.05) is 5.73 Å². The molecule has 0 unspecified atom stereocenters. The van der Waals surface area contributed by atoms with E-state index in [-0.39, 0.29) is 17.2 Å². The highest BCUT2D eigenvalue weighted by Crippen LogP contribution is 2.25. The Balaban J connectivity index is 2.20. The first-order valence-electron chi connectivity index (χ1n) is 7.73. The predicted octanol–water partition coefficient (Wildman–Crippen LogP) is 3.69. The minimum absolute atomic E-state index is 0.0209. The molecule has 3 rings (SSSR count). The Hall–Kier alpha value is -2.96. The molecule has 2 N–H and O–H groups in total. The number of rotatable bonds is 4. The van der Waals surface area contributed by atoms with Crippen LogP contribution in [0.2, 0.25) is 0 Å². The second kappa shape index (κ2) is 6.51. The monoisotopic (exact) mass is 345 g/mol. The number of hydrogen-bond donors (Lipinski definition) is 1. The van der Waals surface area contributed by atoms with Crippen LogP contribution < -0.4 is 16.0 Å². The van der Waals surface area contributed by atoms with Gasteiger partial charge in [-0.2, -0.15) is 8.78 Å². The van der Waals surface area contributed by atoms with Crippen molar-refractivity contribution in [2.24, 2.45) is 0 Å². The molecule has 130 valence electrons. The van der Waals surface area contributed by atoms with Crippen LogP contribution in [0.15, 0.2) is 47.4 Å². The van der Waals surface area contributed by atoms with Crippen molar-refractivity contribution in [3.05, 3.63) is 58.5 Å². The Bertz CT molecular complexity index is 966. The first kappa shape index (κ1) is 16.9. The van der Waals surface area contributed by atoms with Crippen LogP contribution in [0.1, 0.15) is 25.3 Å². The van der Waals surface area contributed by atoms with Crippen molar-refractivity contribution < 1.29 is 13.5 Å². The first-order valence-corrected chi connectivity index (χ1v) is 7.73. The summed E-state index contributed by atoms with van der Waals surface area (Å²) in [4.78, 5) is 16.9. The van der Waals surface area contributed by atoms with Crippen LogP contribution in [0.25, 0.3) is 16.7 Å². The topological polar surface area (TPSA) is 70.1 Å². The van der Waals surface area contributed by atoms with Gasteiger partial charge in [0.1, 0.15) is 11.3 Å². The molecule has 7 heteroatoms. The summed E-state index contributed by atoms with van der Waals surface area (Å²) in [5.41, 5.74) is 8.46. The molecule has 2 heterocycles. The molecule has 0 saturated heterocycles. The van der Waals surface area contributed by atoms with Crippen LogP contribution in [0.3, 0.4) is 0 Å². The summed E-state index contributed by atoms with van der Waals surface area (Å²) in [5, 5.41) is 0. The highest BCUT2D eigenvalue weighted by molar-refractivity contribution is 5.87. The fourth-order valence-corrected chi connectivity index (χ4v) is 2.60. The lowest BCUT2D eigenvalue weighted by Crippen LogP contribution is -2.19. The zero-order valence-corrected chi connectivity index (χ0v) is 13.7. The van der Waals surface area contributed by atoms with Gasteiger partial charge >= 0.3 is 6.61 Å². The summed E-state index contributed by atoms with van der Waals surface area (Å²) in [6.07, 6.45) is 1.73. The van der Waals surface area contributed by atoms with Gasteiger partial charge in [-0.1, -0.05) is 13.8 Å². The van der Waals surface area contributed by atoms with Gasteiger partial charge < -0.3 is 10.5 Å². The molecule has 0 spiro atoms. The number of pyridine rings is 2. The average molecular weight is 345 g/mol. The maximum atomic E-state index is 12.5. The molecule has 0 saturated carbocycles. The molecule has 0 amide bonds. The number of nitrogens with two attached hydrogens (primary N) is 1. The SMILES string of the molecule is CC(C)c1cnc2c(N)cc(=O)n(-c3ccc(OC(F)F)cc3)c2c1. The molecule has 0 aliphatic heterocycles. The van der Waals surface area contributed by atoms with E-state index in [2.05, 4.69) is 9.72 Å². The van der Waals surface area contributed by atoms with E-state index in [0.717, 1.165) is 5.56 Å². The van der Waals surface area contributed by atoms with Crippen LogP contribution in [-0.4, -0.2) is 16.2 Å². The van der Waals surface area contributed by atoms with Gasteiger partial charge in [0.2, 0.25) is 0 Å². The Morgan fingerprint density at radius 3 is 2.44 bits per heavy atom. The summed E-state index contributed by atoms with van der Waals surface area (Å²) in [6, 6.07) is 9.02. The van der Waals surface area contributed by atoms with Crippen molar-refractivity contribution in [1.29, 1.82) is 0 Å².